The van der Waals surface area contributed by atoms with Gasteiger partial charge in [0.25, 0.3) is 0 Å². The van der Waals surface area contributed by atoms with Gasteiger partial charge in [-0.1, -0.05) is 0 Å². The van der Waals surface area contributed by atoms with Gasteiger partial charge in [0.2, 0.25) is 15.9 Å². The van der Waals surface area contributed by atoms with Crippen molar-refractivity contribution in [3.8, 4) is 0 Å². The van der Waals surface area contributed by atoms with Crippen molar-refractivity contribution in [3.63, 3.8) is 0 Å². The second-order valence-electron chi connectivity index (χ2n) is 6.30. The molecule has 0 bridgehead atoms. The van der Waals surface area contributed by atoms with E-state index in [9.17, 15) is 13.2 Å². The van der Waals surface area contributed by atoms with Gasteiger partial charge in [-0.05, 0) is 43.0 Å². The monoisotopic (exact) mass is 353 g/mol. The van der Waals surface area contributed by atoms with E-state index in [1.165, 1.54) is 12.1 Å². The van der Waals surface area contributed by atoms with Crippen molar-refractivity contribution in [2.75, 3.05) is 31.6 Å². The molecule has 2 fully saturated rings. The van der Waals surface area contributed by atoms with E-state index in [1.807, 2.05) is 0 Å². The van der Waals surface area contributed by atoms with E-state index in [0.29, 0.717) is 37.8 Å². The Balaban J connectivity index is 1.52. The van der Waals surface area contributed by atoms with Crippen LogP contribution in [0.1, 0.15) is 19.3 Å². The maximum atomic E-state index is 12.1. The Kier molecular flexibility index (Phi) is 5.50. The Labute approximate surface area is 142 Å². The van der Waals surface area contributed by atoms with Crippen LogP contribution in [0, 0.1) is 5.92 Å². The molecule has 3 rings (SSSR count). The van der Waals surface area contributed by atoms with Crippen molar-refractivity contribution in [2.45, 2.75) is 30.2 Å². The molecule has 1 atom stereocenters. The lowest BCUT2D eigenvalue weighted by Gasteiger charge is -2.23. The lowest BCUT2D eigenvalue weighted by molar-refractivity contribution is -0.117. The van der Waals surface area contributed by atoms with Gasteiger partial charge in [0.05, 0.1) is 18.1 Å². The SMILES string of the molecule is O=C(CC1COCCN1)Nc1ccc(S(=O)(=O)NCC2CC2)cc1. The molecule has 1 amide bonds. The Morgan fingerprint density at radius 1 is 1.25 bits per heavy atom. The molecular formula is C16H23N3O4S. The van der Waals surface area contributed by atoms with Crippen LogP contribution in [0.3, 0.4) is 0 Å². The van der Waals surface area contributed by atoms with Crippen LogP contribution in [0.5, 0.6) is 0 Å². The van der Waals surface area contributed by atoms with Gasteiger partial charge in [-0.15, -0.1) is 0 Å². The van der Waals surface area contributed by atoms with Crippen LogP contribution in [-0.4, -0.2) is 46.7 Å². The van der Waals surface area contributed by atoms with Crippen molar-refractivity contribution in [1.82, 2.24) is 10.0 Å². The number of carbonyl (C=O) groups is 1. The van der Waals surface area contributed by atoms with E-state index >= 15 is 0 Å². The summed E-state index contributed by atoms with van der Waals surface area (Å²) in [6.45, 7) is 2.44. The zero-order chi connectivity index (χ0) is 17.0. The van der Waals surface area contributed by atoms with Crippen molar-refractivity contribution in [1.29, 1.82) is 0 Å². The van der Waals surface area contributed by atoms with Crippen molar-refractivity contribution in [2.24, 2.45) is 5.92 Å². The van der Waals surface area contributed by atoms with Crippen LogP contribution in [-0.2, 0) is 19.6 Å². The first-order chi connectivity index (χ1) is 11.5. The Bertz CT molecular complexity index is 665. The maximum Gasteiger partial charge on any atom is 0.240 e. The fraction of sp³-hybridized carbons (Fsp3) is 0.562. The topological polar surface area (TPSA) is 96.5 Å². The van der Waals surface area contributed by atoms with Gasteiger partial charge in [0.1, 0.15) is 0 Å². The standard InChI is InChI=1S/C16H23N3O4S/c20-16(9-14-11-23-8-7-17-14)19-13-3-5-15(6-4-13)24(21,22)18-10-12-1-2-12/h3-6,12,14,17-18H,1-2,7-11H2,(H,19,20). The molecule has 1 saturated carbocycles. The van der Waals surface area contributed by atoms with Gasteiger partial charge in [0.15, 0.2) is 0 Å². The highest BCUT2D eigenvalue weighted by Gasteiger charge is 2.24. The summed E-state index contributed by atoms with van der Waals surface area (Å²) in [7, 11) is -3.47. The number of amides is 1. The first-order valence-corrected chi connectivity index (χ1v) is 9.72. The first kappa shape index (κ1) is 17.3. The minimum absolute atomic E-state index is 0.0185. The first-order valence-electron chi connectivity index (χ1n) is 8.24. The number of rotatable bonds is 7. The predicted octanol–water partition coefficient (Wildman–Crippen LogP) is 0.692. The van der Waals surface area contributed by atoms with Crippen molar-refractivity contribution < 1.29 is 17.9 Å². The summed E-state index contributed by atoms with van der Waals surface area (Å²) in [5.74, 6) is 0.358. The van der Waals surface area contributed by atoms with Gasteiger partial charge in [0, 0.05) is 31.2 Å². The summed E-state index contributed by atoms with van der Waals surface area (Å²) in [5.41, 5.74) is 0.581. The van der Waals surface area contributed by atoms with E-state index in [4.69, 9.17) is 4.74 Å². The van der Waals surface area contributed by atoms with Gasteiger partial charge in [-0.2, -0.15) is 0 Å². The second kappa shape index (κ2) is 7.60. The minimum Gasteiger partial charge on any atom is -0.378 e. The zero-order valence-electron chi connectivity index (χ0n) is 13.5. The number of sulfonamides is 1. The summed E-state index contributed by atoms with van der Waals surface area (Å²) < 4.78 is 32.2. The minimum atomic E-state index is -3.47. The maximum absolute atomic E-state index is 12.1. The average Bonchev–Trinajstić information content (AvgIpc) is 3.39. The largest absolute Gasteiger partial charge is 0.378 e. The third-order valence-electron chi connectivity index (χ3n) is 4.14. The molecule has 1 unspecified atom stereocenters. The number of hydrogen-bond donors (Lipinski definition) is 3. The number of nitrogens with one attached hydrogen (secondary N) is 3. The van der Waals surface area contributed by atoms with Crippen LogP contribution in [0.15, 0.2) is 29.2 Å². The molecule has 7 nitrogen and oxygen atoms in total. The Morgan fingerprint density at radius 2 is 2.00 bits per heavy atom. The van der Waals surface area contributed by atoms with E-state index < -0.39 is 10.0 Å². The van der Waals surface area contributed by atoms with Crippen LogP contribution in [0.2, 0.25) is 0 Å². The van der Waals surface area contributed by atoms with E-state index in [2.05, 4.69) is 15.4 Å². The van der Waals surface area contributed by atoms with E-state index in [1.54, 1.807) is 12.1 Å². The molecular weight excluding hydrogens is 330 g/mol. The van der Waals surface area contributed by atoms with Gasteiger partial charge in [-0.3, -0.25) is 4.79 Å². The van der Waals surface area contributed by atoms with Crippen LogP contribution in [0.25, 0.3) is 0 Å². The molecule has 8 heteroatoms. The summed E-state index contributed by atoms with van der Waals surface area (Å²) in [4.78, 5) is 12.2. The van der Waals surface area contributed by atoms with E-state index in [0.717, 1.165) is 19.4 Å². The number of hydrogen-bond acceptors (Lipinski definition) is 5. The Hall–Kier alpha value is -1.48. The highest BCUT2D eigenvalue weighted by molar-refractivity contribution is 7.89. The third-order valence-corrected chi connectivity index (χ3v) is 5.58. The summed E-state index contributed by atoms with van der Waals surface area (Å²) >= 11 is 0. The van der Waals surface area contributed by atoms with Crippen LogP contribution in [0.4, 0.5) is 5.69 Å². The zero-order valence-corrected chi connectivity index (χ0v) is 14.3. The van der Waals surface area contributed by atoms with Crippen LogP contribution < -0.4 is 15.4 Å². The summed E-state index contributed by atoms with van der Waals surface area (Å²) in [5, 5.41) is 6.00. The average molecular weight is 353 g/mol. The molecule has 3 N–H and O–H groups in total. The number of ether oxygens (including phenoxy) is 1. The number of benzene rings is 1. The van der Waals surface area contributed by atoms with Gasteiger partial charge in [-0.25, -0.2) is 13.1 Å². The molecule has 1 aromatic rings. The fourth-order valence-corrected chi connectivity index (χ4v) is 3.65. The van der Waals surface area contributed by atoms with Crippen LogP contribution >= 0.6 is 0 Å². The Morgan fingerprint density at radius 3 is 2.62 bits per heavy atom. The van der Waals surface area contributed by atoms with Crippen molar-refractivity contribution >= 4 is 21.6 Å². The summed E-state index contributed by atoms with van der Waals surface area (Å²) in [6.07, 6.45) is 2.51. The predicted molar refractivity (Wildman–Crippen MR) is 90.2 cm³/mol. The smallest absolute Gasteiger partial charge is 0.240 e. The highest BCUT2D eigenvalue weighted by Crippen LogP contribution is 2.28. The number of anilines is 1. The lowest BCUT2D eigenvalue weighted by atomic mass is 10.2. The molecule has 24 heavy (non-hydrogen) atoms. The molecule has 1 saturated heterocycles. The van der Waals surface area contributed by atoms with Gasteiger partial charge >= 0.3 is 0 Å². The molecule has 132 valence electrons. The molecule has 0 aromatic heterocycles. The quantitative estimate of drug-likeness (QED) is 0.670. The molecule has 1 aliphatic carbocycles. The number of morpholine rings is 1. The van der Waals surface area contributed by atoms with Gasteiger partial charge < -0.3 is 15.4 Å². The third kappa shape index (κ3) is 5.01. The number of carbonyl (C=O) groups excluding carboxylic acids is 1. The molecule has 1 aliphatic heterocycles. The highest BCUT2D eigenvalue weighted by atomic mass is 32.2. The molecule has 2 aliphatic rings. The molecule has 1 heterocycles. The van der Waals surface area contributed by atoms with E-state index in [-0.39, 0.29) is 16.8 Å². The molecule has 0 radical (unpaired) electrons. The molecule has 1 aromatic carbocycles. The molecule has 0 spiro atoms. The normalized spacial score (nSPS) is 21.4. The lowest BCUT2D eigenvalue weighted by Crippen LogP contribution is -2.43. The fourth-order valence-electron chi connectivity index (χ4n) is 2.54. The van der Waals surface area contributed by atoms with Crippen molar-refractivity contribution in [3.05, 3.63) is 24.3 Å². The summed E-state index contributed by atoms with van der Waals surface area (Å²) in [6, 6.07) is 6.24. The second-order valence-corrected chi connectivity index (χ2v) is 8.06.